The highest BCUT2D eigenvalue weighted by Crippen LogP contribution is 2.24. The van der Waals surface area contributed by atoms with Gasteiger partial charge in [0.15, 0.2) is 0 Å². The number of rotatable bonds is 3. The highest BCUT2D eigenvalue weighted by Gasteiger charge is 2.33. The van der Waals surface area contributed by atoms with Crippen molar-refractivity contribution in [2.45, 2.75) is 18.9 Å². The first-order valence-electron chi connectivity index (χ1n) is 5.86. The van der Waals surface area contributed by atoms with E-state index < -0.39 is 0 Å². The number of fused-ring (bicyclic) bond motifs is 1. The summed E-state index contributed by atoms with van der Waals surface area (Å²) in [5.74, 6) is 0.936. The van der Waals surface area contributed by atoms with Gasteiger partial charge in [-0.1, -0.05) is 0 Å². The monoisotopic (exact) mass is 197 g/mol. The summed E-state index contributed by atoms with van der Waals surface area (Å²) < 4.78 is 0. The van der Waals surface area contributed by atoms with Gasteiger partial charge in [0, 0.05) is 32.2 Å². The van der Waals surface area contributed by atoms with Crippen molar-refractivity contribution in [2.75, 3.05) is 46.8 Å². The molecule has 2 atom stereocenters. The highest BCUT2D eigenvalue weighted by molar-refractivity contribution is 4.91. The lowest BCUT2D eigenvalue weighted by Gasteiger charge is -2.24. The topological polar surface area (TPSA) is 18.5 Å². The minimum atomic E-state index is 0.797. The molecule has 0 radical (unpaired) electrons. The maximum absolute atomic E-state index is 3.64. The van der Waals surface area contributed by atoms with E-state index in [1.165, 1.54) is 45.6 Å². The van der Waals surface area contributed by atoms with E-state index in [1.807, 2.05) is 0 Å². The van der Waals surface area contributed by atoms with Crippen LogP contribution in [0.3, 0.4) is 0 Å². The molecule has 82 valence electrons. The number of piperidine rings is 1. The zero-order valence-electron chi connectivity index (χ0n) is 9.50. The van der Waals surface area contributed by atoms with Gasteiger partial charge in [-0.05, 0) is 39.4 Å². The predicted molar refractivity (Wildman–Crippen MR) is 59.5 cm³/mol. The Labute approximate surface area is 87.4 Å². The first kappa shape index (κ1) is 10.4. The summed E-state index contributed by atoms with van der Waals surface area (Å²) >= 11 is 0. The molecule has 2 unspecified atom stereocenters. The third kappa shape index (κ3) is 2.47. The van der Waals surface area contributed by atoms with Crippen LogP contribution in [0.25, 0.3) is 0 Å². The van der Waals surface area contributed by atoms with Gasteiger partial charge in [-0.3, -0.25) is 0 Å². The number of hydrogen-bond acceptors (Lipinski definition) is 3. The first-order valence-corrected chi connectivity index (χ1v) is 5.86. The fraction of sp³-hybridized carbons (Fsp3) is 1.00. The second-order valence-electron chi connectivity index (χ2n) is 5.03. The van der Waals surface area contributed by atoms with E-state index in [9.17, 15) is 0 Å². The number of likely N-dealkylation sites (N-methyl/N-ethyl adjacent to an activating group) is 1. The van der Waals surface area contributed by atoms with Crippen LogP contribution in [0.5, 0.6) is 0 Å². The Bertz CT molecular complexity index is 167. The lowest BCUT2D eigenvalue weighted by atomic mass is 9.94. The van der Waals surface area contributed by atoms with E-state index in [2.05, 4.69) is 29.2 Å². The molecule has 0 bridgehead atoms. The summed E-state index contributed by atoms with van der Waals surface area (Å²) in [6.07, 6.45) is 2.82. The van der Waals surface area contributed by atoms with Gasteiger partial charge in [0.2, 0.25) is 0 Å². The van der Waals surface area contributed by atoms with Gasteiger partial charge in [-0.2, -0.15) is 0 Å². The van der Waals surface area contributed by atoms with Crippen LogP contribution in [0.2, 0.25) is 0 Å². The third-order valence-corrected chi connectivity index (χ3v) is 3.54. The molecule has 2 aliphatic heterocycles. The molecule has 1 N–H and O–H groups in total. The van der Waals surface area contributed by atoms with Crippen molar-refractivity contribution < 1.29 is 0 Å². The van der Waals surface area contributed by atoms with Gasteiger partial charge >= 0.3 is 0 Å². The Kier molecular flexibility index (Phi) is 3.42. The number of hydrogen-bond donors (Lipinski definition) is 1. The Hall–Kier alpha value is -0.120. The zero-order valence-corrected chi connectivity index (χ0v) is 9.50. The summed E-state index contributed by atoms with van der Waals surface area (Å²) in [6, 6.07) is 0.797. The van der Waals surface area contributed by atoms with E-state index in [4.69, 9.17) is 0 Å². The van der Waals surface area contributed by atoms with Crippen LogP contribution in [0.4, 0.5) is 0 Å². The Morgan fingerprint density at radius 1 is 1.36 bits per heavy atom. The predicted octanol–water partition coefficient (Wildman–Crippen LogP) is 0.232. The van der Waals surface area contributed by atoms with Crippen LogP contribution in [0.15, 0.2) is 0 Å². The van der Waals surface area contributed by atoms with Crippen LogP contribution in [0.1, 0.15) is 12.8 Å². The fourth-order valence-corrected chi connectivity index (χ4v) is 2.66. The van der Waals surface area contributed by atoms with Gasteiger partial charge in [-0.15, -0.1) is 0 Å². The van der Waals surface area contributed by atoms with E-state index in [-0.39, 0.29) is 0 Å². The molecule has 2 aliphatic rings. The molecule has 0 aromatic heterocycles. The van der Waals surface area contributed by atoms with E-state index in [0.717, 1.165) is 12.0 Å². The van der Waals surface area contributed by atoms with Gasteiger partial charge < -0.3 is 15.1 Å². The third-order valence-electron chi connectivity index (χ3n) is 3.54. The molecule has 2 rings (SSSR count). The van der Waals surface area contributed by atoms with Crippen molar-refractivity contribution in [2.24, 2.45) is 5.92 Å². The second-order valence-corrected chi connectivity index (χ2v) is 5.03. The smallest absolute Gasteiger partial charge is 0.0235 e. The molecule has 0 spiro atoms. The average molecular weight is 197 g/mol. The lowest BCUT2D eigenvalue weighted by Crippen LogP contribution is -2.40. The van der Waals surface area contributed by atoms with Crippen molar-refractivity contribution >= 4 is 0 Å². The molecule has 0 aromatic rings. The Morgan fingerprint density at radius 2 is 2.21 bits per heavy atom. The maximum atomic E-state index is 3.64. The summed E-state index contributed by atoms with van der Waals surface area (Å²) in [5, 5.41) is 3.64. The second kappa shape index (κ2) is 4.60. The molecule has 0 aromatic carbocycles. The van der Waals surface area contributed by atoms with Crippen LogP contribution in [-0.2, 0) is 0 Å². The first-order chi connectivity index (χ1) is 6.75. The molecule has 3 heteroatoms. The van der Waals surface area contributed by atoms with E-state index in [0.29, 0.717) is 0 Å². The van der Waals surface area contributed by atoms with Crippen LogP contribution in [-0.4, -0.2) is 62.7 Å². The molecule has 2 heterocycles. The Balaban J connectivity index is 1.75. The minimum absolute atomic E-state index is 0.797. The molecule has 0 saturated carbocycles. The van der Waals surface area contributed by atoms with Crippen molar-refractivity contribution in [3.8, 4) is 0 Å². The van der Waals surface area contributed by atoms with Gasteiger partial charge in [0.05, 0.1) is 0 Å². The largest absolute Gasteiger partial charge is 0.312 e. The number of nitrogens with zero attached hydrogens (tertiary/aromatic N) is 2. The zero-order chi connectivity index (χ0) is 9.97. The molecule has 0 aliphatic carbocycles. The summed E-state index contributed by atoms with van der Waals surface area (Å²) in [6.45, 7) is 6.27. The normalized spacial score (nSPS) is 33.6. The fourth-order valence-electron chi connectivity index (χ4n) is 2.66. The summed E-state index contributed by atoms with van der Waals surface area (Å²) in [7, 11) is 4.31. The number of likely N-dealkylation sites (tertiary alicyclic amines) is 1. The van der Waals surface area contributed by atoms with Crippen molar-refractivity contribution in [1.82, 2.24) is 15.1 Å². The van der Waals surface area contributed by atoms with Crippen LogP contribution < -0.4 is 5.32 Å². The van der Waals surface area contributed by atoms with Crippen LogP contribution >= 0.6 is 0 Å². The molecule has 2 fully saturated rings. The molecule has 2 saturated heterocycles. The standard InChI is InChI=1S/C11H23N3/c1-13(2)6-7-14-8-10-4-3-5-12-11(10)9-14/h10-12H,3-9H2,1-2H3. The van der Waals surface area contributed by atoms with Gasteiger partial charge in [0.25, 0.3) is 0 Å². The molecular formula is C11H23N3. The molecular weight excluding hydrogens is 174 g/mol. The molecule has 3 nitrogen and oxygen atoms in total. The SMILES string of the molecule is CN(C)CCN1CC2CCCNC2C1. The number of nitrogens with one attached hydrogen (secondary N) is 1. The summed E-state index contributed by atoms with van der Waals surface area (Å²) in [5.41, 5.74) is 0. The quantitative estimate of drug-likeness (QED) is 0.699. The van der Waals surface area contributed by atoms with Crippen LogP contribution in [0, 0.1) is 5.92 Å². The van der Waals surface area contributed by atoms with Gasteiger partial charge in [-0.25, -0.2) is 0 Å². The summed E-state index contributed by atoms with van der Waals surface area (Å²) in [4.78, 5) is 4.89. The maximum Gasteiger partial charge on any atom is 0.0235 e. The molecule has 0 amide bonds. The molecule has 14 heavy (non-hydrogen) atoms. The van der Waals surface area contributed by atoms with E-state index in [1.54, 1.807) is 0 Å². The van der Waals surface area contributed by atoms with Crippen molar-refractivity contribution in [3.63, 3.8) is 0 Å². The average Bonchev–Trinajstić information content (AvgIpc) is 2.57. The van der Waals surface area contributed by atoms with Crippen molar-refractivity contribution in [1.29, 1.82) is 0 Å². The minimum Gasteiger partial charge on any atom is -0.312 e. The van der Waals surface area contributed by atoms with Crippen molar-refractivity contribution in [3.05, 3.63) is 0 Å². The highest BCUT2D eigenvalue weighted by atomic mass is 15.2. The van der Waals surface area contributed by atoms with Gasteiger partial charge in [0.1, 0.15) is 0 Å². The van der Waals surface area contributed by atoms with E-state index >= 15 is 0 Å². The lowest BCUT2D eigenvalue weighted by molar-refractivity contribution is 0.274. The Morgan fingerprint density at radius 3 is 2.93 bits per heavy atom.